The second kappa shape index (κ2) is 12.9. The molecule has 18 heteroatoms. The van der Waals surface area contributed by atoms with E-state index in [9.17, 15) is 63.2 Å². The Morgan fingerprint density at radius 1 is 0.500 bits per heavy atom. The molecule has 6 nitrogen and oxygen atoms in total. The number of fused-ring (bicyclic) bond motifs is 1. The minimum absolute atomic E-state index is 0.162. The number of benzene rings is 4. The highest BCUT2D eigenvalue weighted by molar-refractivity contribution is 5.96. The summed E-state index contributed by atoms with van der Waals surface area (Å²) in [6.07, 6.45) is -21.3. The molecule has 4 aromatic carbocycles. The summed E-state index contributed by atoms with van der Waals surface area (Å²) in [5.41, 5.74) is -8.90. The van der Waals surface area contributed by atoms with Gasteiger partial charge in [0.25, 0.3) is 11.4 Å². The van der Waals surface area contributed by atoms with E-state index in [1.807, 2.05) is 0 Å². The summed E-state index contributed by atoms with van der Waals surface area (Å²) in [6.45, 7) is 14.6. The number of alkyl halides is 12. The summed E-state index contributed by atoms with van der Waals surface area (Å²) < 4.78 is 174. The van der Waals surface area contributed by atoms with Gasteiger partial charge in [0, 0.05) is 21.2 Å². The van der Waals surface area contributed by atoms with Gasteiger partial charge in [0.1, 0.15) is 23.0 Å². The predicted molar refractivity (Wildman–Crippen MR) is 147 cm³/mol. The third kappa shape index (κ3) is 7.50. The SMILES string of the molecule is [C-]#[N+]C(C#N)=c1ccc2c(Oc3cc(C(F)(F)F)cc(C(F)(F)F)c3)c(=C(C#N)[N+]#[C-])ccc2c1Oc1cc(C(F)(F)F)cc(C(F)(F)F)c1. The molecule has 254 valence electrons. The predicted octanol–water partition coefficient (Wildman–Crippen LogP) is 9.60. The highest BCUT2D eigenvalue weighted by atomic mass is 19.4. The summed E-state index contributed by atoms with van der Waals surface area (Å²) >= 11 is 0. The van der Waals surface area contributed by atoms with Crippen molar-refractivity contribution in [2.75, 3.05) is 0 Å². The molecule has 0 aliphatic carbocycles. The lowest BCUT2D eigenvalue weighted by Gasteiger charge is -2.18. The Balaban J connectivity index is 2.16. The average Bonchev–Trinajstić information content (AvgIpc) is 3.02. The van der Waals surface area contributed by atoms with E-state index in [1.165, 1.54) is 12.1 Å². The van der Waals surface area contributed by atoms with Crippen molar-refractivity contribution in [1.29, 1.82) is 10.5 Å². The van der Waals surface area contributed by atoms with E-state index in [0.717, 1.165) is 24.3 Å². The number of rotatable bonds is 4. The van der Waals surface area contributed by atoms with Gasteiger partial charge >= 0.3 is 24.7 Å². The molecule has 50 heavy (non-hydrogen) atoms. The minimum atomic E-state index is -5.33. The molecule has 0 heterocycles. The second-order valence-corrected chi connectivity index (χ2v) is 9.81. The maximum absolute atomic E-state index is 13.6. The Morgan fingerprint density at radius 3 is 1.00 bits per heavy atom. The standard InChI is InChI=1S/C32H10F12N4O2/c1-47-25(13-45)23-5-3-22-21(27(23)49-19-9-15(29(33,34)35)7-16(10-19)30(36,37)38)4-6-24(26(14-46)48-2)28(22)50-20-11-17(31(39,40)41)8-18(12-20)32(42,43)44/h3-12H. The quantitative estimate of drug-likeness (QED) is 0.156. The van der Waals surface area contributed by atoms with Crippen LogP contribution in [0.25, 0.3) is 31.9 Å². The number of hydrogen-bond acceptors (Lipinski definition) is 4. The molecule has 4 aromatic rings. The molecule has 0 spiro atoms. The molecule has 0 fully saturated rings. The highest BCUT2D eigenvalue weighted by Gasteiger charge is 2.39. The fraction of sp³-hybridized carbons (Fsp3) is 0.125. The first-order valence-corrected chi connectivity index (χ1v) is 13.0. The molecule has 0 bridgehead atoms. The van der Waals surface area contributed by atoms with Gasteiger partial charge in [-0.3, -0.25) is 0 Å². The topological polar surface area (TPSA) is 74.8 Å². The van der Waals surface area contributed by atoms with E-state index in [2.05, 4.69) is 9.69 Å². The Hall–Kier alpha value is -6.40. The molecule has 0 unspecified atom stereocenters. The third-order valence-electron chi connectivity index (χ3n) is 6.61. The Bertz CT molecular complexity index is 2070. The first kappa shape index (κ1) is 36.4. The van der Waals surface area contributed by atoms with Crippen molar-refractivity contribution >= 4 is 22.2 Å². The first-order chi connectivity index (χ1) is 23.1. The van der Waals surface area contributed by atoms with E-state index in [4.69, 9.17) is 22.6 Å². The maximum atomic E-state index is 13.6. The van der Waals surface area contributed by atoms with E-state index in [1.54, 1.807) is 0 Å². The molecule has 0 amide bonds. The number of hydrogen-bond donors (Lipinski definition) is 0. The Labute approximate surface area is 271 Å². The van der Waals surface area contributed by atoms with Gasteiger partial charge in [-0.15, -0.1) is 0 Å². The van der Waals surface area contributed by atoms with Crippen LogP contribution in [0.15, 0.2) is 60.7 Å². The van der Waals surface area contributed by atoms with E-state index >= 15 is 0 Å². The van der Waals surface area contributed by atoms with Gasteiger partial charge in [-0.05, 0) is 36.4 Å². The summed E-state index contributed by atoms with van der Waals surface area (Å²) in [4.78, 5) is 5.92. The summed E-state index contributed by atoms with van der Waals surface area (Å²) in [6, 6.07) is 6.82. The van der Waals surface area contributed by atoms with Crippen LogP contribution in [0.5, 0.6) is 23.0 Å². The normalized spacial score (nSPS) is 13.4. The summed E-state index contributed by atoms with van der Waals surface area (Å²) in [7, 11) is 0. The van der Waals surface area contributed by atoms with Crippen molar-refractivity contribution in [3.63, 3.8) is 0 Å². The van der Waals surface area contributed by atoms with Gasteiger partial charge in [0.05, 0.1) is 47.5 Å². The molecular formula is C32H10F12N4O2. The van der Waals surface area contributed by atoms with Crippen LogP contribution in [0.3, 0.4) is 0 Å². The third-order valence-corrected chi connectivity index (χ3v) is 6.61. The van der Waals surface area contributed by atoms with Crippen LogP contribution in [0.2, 0.25) is 0 Å². The van der Waals surface area contributed by atoms with Crippen molar-refractivity contribution in [2.24, 2.45) is 0 Å². The van der Waals surface area contributed by atoms with Crippen LogP contribution in [0, 0.1) is 35.8 Å². The fourth-order valence-corrected chi connectivity index (χ4v) is 4.44. The highest BCUT2D eigenvalue weighted by Crippen LogP contribution is 2.42. The number of nitrogens with zero attached hydrogens (tertiary/aromatic N) is 4. The molecule has 0 saturated carbocycles. The van der Waals surface area contributed by atoms with Crippen molar-refractivity contribution in [3.8, 4) is 35.1 Å². The molecule has 0 radical (unpaired) electrons. The largest absolute Gasteiger partial charge is 0.457 e. The molecular weight excluding hydrogens is 700 g/mol. The van der Waals surface area contributed by atoms with Crippen LogP contribution in [0.4, 0.5) is 52.7 Å². The van der Waals surface area contributed by atoms with E-state index in [-0.39, 0.29) is 36.4 Å². The van der Waals surface area contributed by atoms with Crippen molar-refractivity contribution in [2.45, 2.75) is 24.7 Å². The van der Waals surface area contributed by atoms with Gasteiger partial charge in [0.2, 0.25) is 0 Å². The van der Waals surface area contributed by atoms with Crippen LogP contribution in [0.1, 0.15) is 22.3 Å². The number of ether oxygens (including phenoxy) is 2. The van der Waals surface area contributed by atoms with Gasteiger partial charge < -0.3 is 9.47 Å². The van der Waals surface area contributed by atoms with Crippen LogP contribution >= 0.6 is 0 Å². The summed E-state index contributed by atoms with van der Waals surface area (Å²) in [5.74, 6) is -3.79. The van der Waals surface area contributed by atoms with Gasteiger partial charge in [0.15, 0.2) is 0 Å². The van der Waals surface area contributed by atoms with Gasteiger partial charge in [-0.2, -0.15) is 52.7 Å². The lowest BCUT2D eigenvalue weighted by atomic mass is 10.0. The molecule has 0 aromatic heterocycles. The molecule has 0 atom stereocenters. The maximum Gasteiger partial charge on any atom is 0.416 e. The zero-order valence-corrected chi connectivity index (χ0v) is 23.9. The lowest BCUT2D eigenvalue weighted by molar-refractivity contribution is -0.144. The monoisotopic (exact) mass is 710 g/mol. The van der Waals surface area contributed by atoms with Crippen molar-refractivity contribution in [1.82, 2.24) is 0 Å². The van der Waals surface area contributed by atoms with Crippen molar-refractivity contribution in [3.05, 3.63) is 116 Å². The zero-order valence-electron chi connectivity index (χ0n) is 23.9. The fourth-order valence-electron chi connectivity index (χ4n) is 4.44. The molecule has 0 N–H and O–H groups in total. The van der Waals surface area contributed by atoms with Gasteiger partial charge in [-0.25, -0.2) is 20.2 Å². The molecule has 0 aliphatic heterocycles. The first-order valence-electron chi connectivity index (χ1n) is 13.0. The molecule has 4 rings (SSSR count). The Morgan fingerprint density at radius 2 is 0.780 bits per heavy atom. The smallest absolute Gasteiger partial charge is 0.416 e. The van der Waals surface area contributed by atoms with Gasteiger partial charge in [-0.1, -0.05) is 24.3 Å². The van der Waals surface area contributed by atoms with E-state index in [0.29, 0.717) is 0 Å². The molecule has 0 aliphatic rings. The minimum Gasteiger partial charge on any atom is -0.457 e. The van der Waals surface area contributed by atoms with Crippen LogP contribution < -0.4 is 19.9 Å². The lowest BCUT2D eigenvalue weighted by Crippen LogP contribution is -2.14. The summed E-state index contributed by atoms with van der Waals surface area (Å²) in [5, 5.41) is 17.1. The molecule has 0 saturated heterocycles. The van der Waals surface area contributed by atoms with E-state index < -0.39 is 103 Å². The van der Waals surface area contributed by atoms with Crippen LogP contribution in [-0.2, 0) is 24.7 Å². The van der Waals surface area contributed by atoms with Crippen molar-refractivity contribution < 1.29 is 62.2 Å². The zero-order chi connectivity index (χ0) is 37.4. The van der Waals surface area contributed by atoms with Crippen LogP contribution in [-0.4, -0.2) is 0 Å². The number of nitriles is 2. The number of halogens is 12. The Kier molecular flexibility index (Phi) is 9.40. The average molecular weight is 710 g/mol. The second-order valence-electron chi connectivity index (χ2n) is 9.81.